The van der Waals surface area contributed by atoms with E-state index in [0.717, 1.165) is 11.7 Å². The van der Waals surface area contributed by atoms with Crippen LogP contribution in [0.15, 0.2) is 24.3 Å². The van der Waals surface area contributed by atoms with E-state index in [2.05, 4.69) is 50.5 Å². The fraction of sp³-hybridized carbons (Fsp3) is 0.647. The molecule has 0 bridgehead atoms. The highest BCUT2D eigenvalue weighted by Crippen LogP contribution is 2.37. The lowest BCUT2D eigenvalue weighted by Crippen LogP contribution is -2.27. The molecule has 1 aromatic rings. The summed E-state index contributed by atoms with van der Waals surface area (Å²) < 4.78 is 5.98. The Morgan fingerprint density at radius 3 is 2.42 bits per heavy atom. The van der Waals surface area contributed by atoms with Gasteiger partial charge in [-0.25, -0.2) is 0 Å². The van der Waals surface area contributed by atoms with Gasteiger partial charge in [-0.05, 0) is 45.7 Å². The highest BCUT2D eigenvalue weighted by atomic mass is 16.5. The van der Waals surface area contributed by atoms with Gasteiger partial charge in [-0.2, -0.15) is 0 Å². The number of ether oxygens (including phenoxy) is 1. The van der Waals surface area contributed by atoms with Crippen LogP contribution in [0.1, 0.15) is 57.6 Å². The number of nitrogens with one attached hydrogen (secondary N) is 1. The third kappa shape index (κ3) is 3.73. The van der Waals surface area contributed by atoms with Gasteiger partial charge in [0.15, 0.2) is 0 Å². The topological polar surface area (TPSA) is 21.3 Å². The van der Waals surface area contributed by atoms with Crippen LogP contribution in [0.2, 0.25) is 0 Å². The summed E-state index contributed by atoms with van der Waals surface area (Å²) in [6.45, 7) is 4.18. The Kier molecular flexibility index (Phi) is 5.26. The largest absolute Gasteiger partial charge is 0.491 e. The van der Waals surface area contributed by atoms with E-state index in [-0.39, 0.29) is 6.10 Å². The van der Waals surface area contributed by atoms with Gasteiger partial charge in [0.1, 0.15) is 5.75 Å². The normalized spacial score (nSPS) is 18.5. The third-order valence-electron chi connectivity index (χ3n) is 4.05. The van der Waals surface area contributed by atoms with Crippen molar-refractivity contribution in [3.63, 3.8) is 0 Å². The molecule has 1 aromatic carbocycles. The van der Waals surface area contributed by atoms with Gasteiger partial charge >= 0.3 is 0 Å². The average molecular weight is 261 g/mol. The first-order chi connectivity index (χ1) is 9.22. The molecule has 0 radical (unpaired) electrons. The van der Waals surface area contributed by atoms with Crippen LogP contribution in [0, 0.1) is 5.92 Å². The van der Waals surface area contributed by atoms with Crippen molar-refractivity contribution >= 4 is 0 Å². The fourth-order valence-corrected chi connectivity index (χ4v) is 3.21. The van der Waals surface area contributed by atoms with Gasteiger partial charge in [-0.3, -0.25) is 0 Å². The second kappa shape index (κ2) is 6.95. The Morgan fingerprint density at radius 1 is 1.11 bits per heavy atom. The maximum Gasteiger partial charge on any atom is 0.124 e. The molecule has 1 N–H and O–H groups in total. The van der Waals surface area contributed by atoms with Crippen LogP contribution in [0.25, 0.3) is 0 Å². The number of benzene rings is 1. The highest BCUT2D eigenvalue weighted by molar-refractivity contribution is 5.36. The Bertz CT molecular complexity index is 383. The molecule has 19 heavy (non-hydrogen) atoms. The smallest absolute Gasteiger partial charge is 0.124 e. The van der Waals surface area contributed by atoms with Crippen molar-refractivity contribution in [1.82, 2.24) is 5.32 Å². The molecular weight excluding hydrogens is 234 g/mol. The van der Waals surface area contributed by atoms with E-state index in [9.17, 15) is 0 Å². The lowest BCUT2D eigenvalue weighted by atomic mass is 9.81. The van der Waals surface area contributed by atoms with E-state index >= 15 is 0 Å². The molecule has 2 rings (SSSR count). The molecule has 0 aliphatic heterocycles. The first-order valence-corrected chi connectivity index (χ1v) is 7.65. The lowest BCUT2D eigenvalue weighted by molar-refractivity contribution is 0.227. The third-order valence-corrected chi connectivity index (χ3v) is 4.05. The highest BCUT2D eigenvalue weighted by Gasteiger charge is 2.26. The molecular formula is C17H27NO. The predicted octanol–water partition coefficient (Wildman–Crippen LogP) is 4.31. The molecule has 106 valence electrons. The molecule has 1 unspecified atom stereocenters. The molecule has 0 spiro atoms. The molecule has 0 heterocycles. The molecule has 1 aliphatic rings. The van der Waals surface area contributed by atoms with E-state index in [1.165, 1.54) is 37.7 Å². The van der Waals surface area contributed by atoms with Crippen LogP contribution in [0.4, 0.5) is 0 Å². The standard InChI is InChI=1S/C17H27NO/c1-13(2)19-16-12-8-7-11-15(16)17(18-3)14-9-5-4-6-10-14/h7-8,11-14,17-18H,4-6,9-10H2,1-3H3. The van der Waals surface area contributed by atoms with Gasteiger partial charge in [0.05, 0.1) is 6.10 Å². The quantitative estimate of drug-likeness (QED) is 0.852. The average Bonchev–Trinajstić information content (AvgIpc) is 2.42. The van der Waals surface area contributed by atoms with E-state index in [0.29, 0.717) is 6.04 Å². The summed E-state index contributed by atoms with van der Waals surface area (Å²) in [5.74, 6) is 1.79. The number of rotatable bonds is 5. The molecule has 0 amide bonds. The molecule has 1 saturated carbocycles. The first kappa shape index (κ1) is 14.4. The SMILES string of the molecule is CNC(c1ccccc1OC(C)C)C1CCCCC1. The molecule has 2 nitrogen and oxygen atoms in total. The van der Waals surface area contributed by atoms with Gasteiger partial charge in [0.2, 0.25) is 0 Å². The molecule has 1 aliphatic carbocycles. The monoisotopic (exact) mass is 261 g/mol. The van der Waals surface area contributed by atoms with Crippen molar-refractivity contribution in [3.05, 3.63) is 29.8 Å². The maximum absolute atomic E-state index is 5.98. The Balaban J connectivity index is 2.21. The Labute approximate surface area is 117 Å². The zero-order valence-electron chi connectivity index (χ0n) is 12.5. The van der Waals surface area contributed by atoms with Crippen LogP contribution < -0.4 is 10.1 Å². The van der Waals surface area contributed by atoms with Gasteiger partial charge in [-0.1, -0.05) is 37.5 Å². The minimum absolute atomic E-state index is 0.227. The van der Waals surface area contributed by atoms with E-state index in [1.807, 2.05) is 0 Å². The number of hydrogen-bond donors (Lipinski definition) is 1. The zero-order chi connectivity index (χ0) is 13.7. The van der Waals surface area contributed by atoms with Crippen molar-refractivity contribution in [3.8, 4) is 5.75 Å². The minimum Gasteiger partial charge on any atom is -0.491 e. The summed E-state index contributed by atoms with van der Waals surface area (Å²) >= 11 is 0. The zero-order valence-corrected chi connectivity index (χ0v) is 12.5. The van der Waals surface area contributed by atoms with Crippen molar-refractivity contribution in [2.75, 3.05) is 7.05 Å². The minimum atomic E-state index is 0.227. The second-order valence-corrected chi connectivity index (χ2v) is 5.87. The van der Waals surface area contributed by atoms with Gasteiger partial charge in [0, 0.05) is 11.6 Å². The summed E-state index contributed by atoms with van der Waals surface area (Å²) in [7, 11) is 2.07. The van der Waals surface area contributed by atoms with E-state index < -0.39 is 0 Å². The van der Waals surface area contributed by atoms with Crippen LogP contribution in [-0.2, 0) is 0 Å². The van der Waals surface area contributed by atoms with Crippen molar-refractivity contribution in [1.29, 1.82) is 0 Å². The van der Waals surface area contributed by atoms with Crippen molar-refractivity contribution < 1.29 is 4.74 Å². The molecule has 0 saturated heterocycles. The number of para-hydroxylation sites is 1. The van der Waals surface area contributed by atoms with E-state index in [4.69, 9.17) is 4.74 Å². The van der Waals surface area contributed by atoms with Crippen LogP contribution in [0.5, 0.6) is 5.75 Å². The van der Waals surface area contributed by atoms with Crippen LogP contribution in [-0.4, -0.2) is 13.2 Å². The Hall–Kier alpha value is -1.02. The summed E-state index contributed by atoms with van der Waals surface area (Å²) in [6, 6.07) is 8.93. The number of hydrogen-bond acceptors (Lipinski definition) is 2. The molecule has 2 heteroatoms. The lowest BCUT2D eigenvalue weighted by Gasteiger charge is -2.31. The molecule has 1 atom stereocenters. The van der Waals surface area contributed by atoms with Gasteiger partial charge in [-0.15, -0.1) is 0 Å². The summed E-state index contributed by atoms with van der Waals surface area (Å²) in [5.41, 5.74) is 1.32. The van der Waals surface area contributed by atoms with Gasteiger partial charge in [0.25, 0.3) is 0 Å². The van der Waals surface area contributed by atoms with Crippen LogP contribution in [0.3, 0.4) is 0 Å². The van der Waals surface area contributed by atoms with Crippen molar-refractivity contribution in [2.45, 2.75) is 58.1 Å². The second-order valence-electron chi connectivity index (χ2n) is 5.87. The summed E-state index contributed by atoms with van der Waals surface area (Å²) in [4.78, 5) is 0. The Morgan fingerprint density at radius 2 is 1.79 bits per heavy atom. The fourth-order valence-electron chi connectivity index (χ4n) is 3.21. The summed E-state index contributed by atoms with van der Waals surface area (Å²) in [6.07, 6.45) is 7.04. The molecule has 1 fully saturated rings. The first-order valence-electron chi connectivity index (χ1n) is 7.65. The molecule has 0 aromatic heterocycles. The van der Waals surface area contributed by atoms with Crippen molar-refractivity contribution in [2.24, 2.45) is 5.92 Å². The van der Waals surface area contributed by atoms with Crippen LogP contribution >= 0.6 is 0 Å². The maximum atomic E-state index is 5.98. The predicted molar refractivity (Wildman–Crippen MR) is 80.6 cm³/mol. The van der Waals surface area contributed by atoms with E-state index in [1.54, 1.807) is 0 Å². The van der Waals surface area contributed by atoms with Gasteiger partial charge < -0.3 is 10.1 Å². The summed E-state index contributed by atoms with van der Waals surface area (Å²) in [5, 5.41) is 3.52.